The number of ether oxygens (including phenoxy) is 1. The molecule has 0 spiro atoms. The third-order valence-electron chi connectivity index (χ3n) is 3.62. The summed E-state index contributed by atoms with van der Waals surface area (Å²) in [5, 5.41) is 2.88. The van der Waals surface area contributed by atoms with Crippen LogP contribution in [0, 0.1) is 23.6 Å². The lowest BCUT2D eigenvalue weighted by molar-refractivity contribution is 0.0936. The summed E-state index contributed by atoms with van der Waals surface area (Å²) in [6, 6.07) is 4.23. The minimum absolute atomic E-state index is 0.142. The Hall–Kier alpha value is -1.58. The zero-order valence-corrected chi connectivity index (χ0v) is 12.9. The highest BCUT2D eigenvalue weighted by Crippen LogP contribution is 2.20. The minimum Gasteiger partial charge on any atom is -0.494 e. The van der Waals surface area contributed by atoms with Gasteiger partial charge < -0.3 is 10.1 Å². The quantitative estimate of drug-likeness (QED) is 0.866. The molecule has 1 rings (SSSR count). The van der Waals surface area contributed by atoms with E-state index in [0.29, 0.717) is 29.9 Å². The number of nitrogens with one attached hydrogen (secondary N) is 1. The van der Waals surface area contributed by atoms with E-state index in [0.717, 1.165) is 0 Å². The summed E-state index contributed by atoms with van der Waals surface area (Å²) in [5.74, 6) is 0.749. The van der Waals surface area contributed by atoms with Crippen molar-refractivity contribution in [3.8, 4) is 5.75 Å². The van der Waals surface area contributed by atoms with E-state index in [9.17, 15) is 9.18 Å². The molecule has 20 heavy (non-hydrogen) atoms. The Morgan fingerprint density at radius 2 is 1.85 bits per heavy atom. The zero-order chi connectivity index (χ0) is 15.3. The highest BCUT2D eigenvalue weighted by molar-refractivity contribution is 5.94. The van der Waals surface area contributed by atoms with Crippen LogP contribution in [0.5, 0.6) is 5.75 Å². The SMILES string of the molecule is COc1ccc(C(=O)NCC(C(C)C)C(C)C)cc1F. The first kappa shape index (κ1) is 16.5. The maximum absolute atomic E-state index is 13.6. The second kappa shape index (κ2) is 7.27. The molecule has 0 fully saturated rings. The van der Waals surface area contributed by atoms with Crippen LogP contribution < -0.4 is 10.1 Å². The van der Waals surface area contributed by atoms with Gasteiger partial charge in [-0.3, -0.25) is 4.79 Å². The lowest BCUT2D eigenvalue weighted by Crippen LogP contribution is -2.33. The molecule has 0 atom stereocenters. The first-order valence-corrected chi connectivity index (χ1v) is 6.98. The number of methoxy groups -OCH3 is 1. The van der Waals surface area contributed by atoms with Crippen molar-refractivity contribution in [2.24, 2.45) is 17.8 Å². The molecule has 0 heterocycles. The molecule has 112 valence electrons. The van der Waals surface area contributed by atoms with Crippen LogP contribution in [0.4, 0.5) is 4.39 Å². The Labute approximate surface area is 120 Å². The van der Waals surface area contributed by atoms with Gasteiger partial charge >= 0.3 is 0 Å². The van der Waals surface area contributed by atoms with Gasteiger partial charge in [-0.25, -0.2) is 4.39 Å². The van der Waals surface area contributed by atoms with Crippen molar-refractivity contribution in [2.75, 3.05) is 13.7 Å². The third kappa shape index (κ3) is 4.22. The second-order valence-electron chi connectivity index (χ2n) is 5.71. The molecule has 3 nitrogen and oxygen atoms in total. The Kier molecular flexibility index (Phi) is 5.99. The first-order chi connectivity index (χ1) is 9.36. The number of rotatable bonds is 6. The molecular formula is C16H24FNO2. The van der Waals surface area contributed by atoms with Crippen LogP contribution in [0.25, 0.3) is 0 Å². The molecule has 0 aliphatic rings. The molecule has 0 saturated carbocycles. The average Bonchev–Trinajstić information content (AvgIpc) is 2.37. The number of carbonyl (C=O) groups is 1. The van der Waals surface area contributed by atoms with E-state index in [1.807, 2.05) is 0 Å². The van der Waals surface area contributed by atoms with Gasteiger partial charge in [-0.2, -0.15) is 0 Å². The van der Waals surface area contributed by atoms with Crippen LogP contribution in [0.3, 0.4) is 0 Å². The van der Waals surface area contributed by atoms with Crippen LogP contribution in [-0.2, 0) is 0 Å². The molecule has 0 aliphatic heterocycles. The lowest BCUT2D eigenvalue weighted by Gasteiger charge is -2.25. The van der Waals surface area contributed by atoms with E-state index in [1.54, 1.807) is 6.07 Å². The van der Waals surface area contributed by atoms with Crippen molar-refractivity contribution < 1.29 is 13.9 Å². The summed E-state index contributed by atoms with van der Waals surface area (Å²) >= 11 is 0. The number of hydrogen-bond donors (Lipinski definition) is 1. The lowest BCUT2D eigenvalue weighted by atomic mass is 9.85. The summed E-state index contributed by atoms with van der Waals surface area (Å²) in [6.07, 6.45) is 0. The summed E-state index contributed by atoms with van der Waals surface area (Å²) < 4.78 is 18.4. The Morgan fingerprint density at radius 3 is 2.30 bits per heavy atom. The summed E-state index contributed by atoms with van der Waals surface area (Å²) in [5.41, 5.74) is 0.314. The number of benzene rings is 1. The Morgan fingerprint density at radius 1 is 1.25 bits per heavy atom. The van der Waals surface area contributed by atoms with Crippen LogP contribution >= 0.6 is 0 Å². The van der Waals surface area contributed by atoms with Crippen LogP contribution in [0.1, 0.15) is 38.1 Å². The van der Waals surface area contributed by atoms with Gasteiger partial charge in [0.05, 0.1) is 7.11 Å². The molecule has 0 radical (unpaired) electrons. The largest absolute Gasteiger partial charge is 0.494 e. The zero-order valence-electron chi connectivity index (χ0n) is 12.9. The summed E-state index contributed by atoms with van der Waals surface area (Å²) in [6.45, 7) is 9.17. The van der Waals surface area contributed by atoms with E-state index in [2.05, 4.69) is 33.0 Å². The molecule has 0 saturated heterocycles. The third-order valence-corrected chi connectivity index (χ3v) is 3.62. The van der Waals surface area contributed by atoms with E-state index in [4.69, 9.17) is 4.74 Å². The molecule has 0 unspecified atom stereocenters. The highest BCUT2D eigenvalue weighted by Gasteiger charge is 2.19. The fraction of sp³-hybridized carbons (Fsp3) is 0.562. The van der Waals surface area contributed by atoms with E-state index < -0.39 is 5.82 Å². The van der Waals surface area contributed by atoms with Crippen molar-refractivity contribution in [1.29, 1.82) is 0 Å². The number of hydrogen-bond acceptors (Lipinski definition) is 2. The molecule has 4 heteroatoms. The number of amides is 1. The van der Waals surface area contributed by atoms with Crippen LogP contribution in [0.2, 0.25) is 0 Å². The van der Waals surface area contributed by atoms with Gasteiger partial charge in [-0.05, 0) is 36.0 Å². The fourth-order valence-corrected chi connectivity index (χ4v) is 2.36. The highest BCUT2D eigenvalue weighted by atomic mass is 19.1. The fourth-order valence-electron chi connectivity index (χ4n) is 2.36. The molecule has 1 N–H and O–H groups in total. The van der Waals surface area contributed by atoms with Crippen molar-refractivity contribution in [3.05, 3.63) is 29.6 Å². The van der Waals surface area contributed by atoms with Crippen LogP contribution in [-0.4, -0.2) is 19.6 Å². The van der Waals surface area contributed by atoms with Gasteiger partial charge in [-0.1, -0.05) is 27.7 Å². The normalized spacial score (nSPS) is 11.2. The minimum atomic E-state index is -0.524. The molecule has 1 aromatic carbocycles. The summed E-state index contributed by atoms with van der Waals surface area (Å²) in [4.78, 5) is 12.0. The predicted molar refractivity (Wildman–Crippen MR) is 78.5 cm³/mol. The van der Waals surface area contributed by atoms with E-state index in [1.165, 1.54) is 19.2 Å². The average molecular weight is 281 g/mol. The first-order valence-electron chi connectivity index (χ1n) is 6.98. The Bertz CT molecular complexity index is 450. The monoisotopic (exact) mass is 281 g/mol. The molecular weight excluding hydrogens is 257 g/mol. The summed E-state index contributed by atoms with van der Waals surface area (Å²) in [7, 11) is 1.40. The van der Waals surface area contributed by atoms with E-state index in [-0.39, 0.29) is 11.7 Å². The smallest absolute Gasteiger partial charge is 0.251 e. The van der Waals surface area contributed by atoms with Crippen molar-refractivity contribution in [2.45, 2.75) is 27.7 Å². The second-order valence-corrected chi connectivity index (χ2v) is 5.71. The Balaban J connectivity index is 2.69. The van der Waals surface area contributed by atoms with E-state index >= 15 is 0 Å². The molecule has 0 bridgehead atoms. The maximum Gasteiger partial charge on any atom is 0.251 e. The van der Waals surface area contributed by atoms with Gasteiger partial charge in [0, 0.05) is 12.1 Å². The van der Waals surface area contributed by atoms with Crippen molar-refractivity contribution in [1.82, 2.24) is 5.32 Å². The van der Waals surface area contributed by atoms with Crippen molar-refractivity contribution in [3.63, 3.8) is 0 Å². The molecule has 0 aromatic heterocycles. The van der Waals surface area contributed by atoms with Crippen LogP contribution in [0.15, 0.2) is 18.2 Å². The molecule has 1 aromatic rings. The number of carbonyl (C=O) groups excluding carboxylic acids is 1. The van der Waals surface area contributed by atoms with Gasteiger partial charge in [0.25, 0.3) is 5.91 Å². The van der Waals surface area contributed by atoms with Gasteiger partial charge in [0.15, 0.2) is 11.6 Å². The molecule has 0 aliphatic carbocycles. The number of halogens is 1. The van der Waals surface area contributed by atoms with Gasteiger partial charge in [-0.15, -0.1) is 0 Å². The van der Waals surface area contributed by atoms with Gasteiger partial charge in [0.2, 0.25) is 0 Å². The molecule has 1 amide bonds. The topological polar surface area (TPSA) is 38.3 Å². The standard InChI is InChI=1S/C16H24FNO2/c1-10(2)13(11(3)4)9-18-16(19)12-6-7-15(20-5)14(17)8-12/h6-8,10-11,13H,9H2,1-5H3,(H,18,19). The van der Waals surface area contributed by atoms with Crippen molar-refractivity contribution >= 4 is 5.91 Å². The van der Waals surface area contributed by atoms with Gasteiger partial charge in [0.1, 0.15) is 0 Å². The maximum atomic E-state index is 13.6. The predicted octanol–water partition coefficient (Wildman–Crippen LogP) is 3.49.